The molecule has 2 aromatic carbocycles. The molecule has 0 spiro atoms. The lowest BCUT2D eigenvalue weighted by molar-refractivity contribution is 0.158. The number of rotatable bonds is 6. The third-order valence-corrected chi connectivity index (χ3v) is 4.79. The molecule has 0 saturated carbocycles. The lowest BCUT2D eigenvalue weighted by Crippen LogP contribution is -2.29. The van der Waals surface area contributed by atoms with Gasteiger partial charge in [0, 0.05) is 10.8 Å². The average Bonchev–Trinajstić information content (AvgIpc) is 2.49. The van der Waals surface area contributed by atoms with E-state index in [1.54, 1.807) is 0 Å². The van der Waals surface area contributed by atoms with Crippen molar-refractivity contribution in [2.45, 2.75) is 26.7 Å². The predicted molar refractivity (Wildman–Crippen MR) is 86.3 cm³/mol. The molecule has 0 aromatic heterocycles. The third kappa shape index (κ3) is 3.06. The Morgan fingerprint density at radius 3 is 2.37 bits per heavy atom. The van der Waals surface area contributed by atoms with E-state index >= 15 is 0 Å². The molecule has 0 saturated heterocycles. The first-order chi connectivity index (χ1) is 9.24. The Kier molecular flexibility index (Phi) is 4.76. The Labute approximate surface area is 121 Å². The van der Waals surface area contributed by atoms with Crippen LogP contribution >= 0.6 is 12.6 Å². The van der Waals surface area contributed by atoms with Crippen LogP contribution in [0.2, 0.25) is 0 Å². The number of ether oxygens (including phenoxy) is 1. The Bertz CT molecular complexity index is 518. The fourth-order valence-electron chi connectivity index (χ4n) is 2.28. The van der Waals surface area contributed by atoms with Gasteiger partial charge in [-0.05, 0) is 30.0 Å². The second-order valence-corrected chi connectivity index (χ2v) is 5.45. The second-order valence-electron chi connectivity index (χ2n) is 5.13. The minimum atomic E-state index is 0.181. The van der Waals surface area contributed by atoms with Crippen LogP contribution in [0.3, 0.4) is 0 Å². The molecule has 19 heavy (non-hydrogen) atoms. The highest BCUT2D eigenvalue weighted by Crippen LogP contribution is 2.31. The van der Waals surface area contributed by atoms with Crippen LogP contribution in [0.4, 0.5) is 0 Å². The Balaban J connectivity index is 2.22. The van der Waals surface area contributed by atoms with Crippen LogP contribution in [0.5, 0.6) is 5.75 Å². The van der Waals surface area contributed by atoms with Crippen molar-refractivity contribution in [2.24, 2.45) is 5.41 Å². The van der Waals surface area contributed by atoms with Crippen LogP contribution in [-0.4, -0.2) is 12.4 Å². The molecular formula is C17H22OS. The van der Waals surface area contributed by atoms with E-state index in [4.69, 9.17) is 4.74 Å². The Morgan fingerprint density at radius 1 is 1.00 bits per heavy atom. The molecule has 0 aliphatic rings. The highest BCUT2D eigenvalue weighted by Gasteiger charge is 2.25. The quantitative estimate of drug-likeness (QED) is 0.733. The molecule has 0 N–H and O–H groups in total. The van der Waals surface area contributed by atoms with Gasteiger partial charge >= 0.3 is 0 Å². The maximum atomic E-state index is 6.11. The summed E-state index contributed by atoms with van der Waals surface area (Å²) in [6.07, 6.45) is 2.19. The van der Waals surface area contributed by atoms with Crippen LogP contribution in [-0.2, 0) is 0 Å². The summed E-state index contributed by atoms with van der Waals surface area (Å²) < 4.78 is 6.11. The minimum absolute atomic E-state index is 0.181. The van der Waals surface area contributed by atoms with Gasteiger partial charge in [-0.3, -0.25) is 0 Å². The maximum Gasteiger partial charge on any atom is 0.127 e. The normalized spacial score (nSPS) is 11.7. The fraction of sp³-hybridized carbons (Fsp3) is 0.412. The van der Waals surface area contributed by atoms with Crippen LogP contribution < -0.4 is 4.74 Å². The molecule has 2 heteroatoms. The largest absolute Gasteiger partial charge is 0.492 e. The molecule has 0 radical (unpaired) electrons. The molecule has 0 atom stereocenters. The summed E-state index contributed by atoms with van der Waals surface area (Å²) in [4.78, 5) is 0. The number of hydrogen-bond acceptors (Lipinski definition) is 2. The van der Waals surface area contributed by atoms with Gasteiger partial charge in [-0.15, -0.1) is 0 Å². The molecule has 0 aliphatic heterocycles. The van der Waals surface area contributed by atoms with Crippen LogP contribution in [0.1, 0.15) is 26.7 Å². The zero-order chi connectivity index (χ0) is 13.7. The van der Waals surface area contributed by atoms with Gasteiger partial charge in [0.25, 0.3) is 0 Å². The minimum Gasteiger partial charge on any atom is -0.492 e. The van der Waals surface area contributed by atoms with E-state index in [0.29, 0.717) is 0 Å². The van der Waals surface area contributed by atoms with Crippen molar-refractivity contribution < 1.29 is 4.74 Å². The lowest BCUT2D eigenvalue weighted by Gasteiger charge is -2.29. The summed E-state index contributed by atoms with van der Waals surface area (Å²) >= 11 is 4.50. The lowest BCUT2D eigenvalue weighted by atomic mass is 9.85. The van der Waals surface area contributed by atoms with Gasteiger partial charge in [-0.25, -0.2) is 0 Å². The smallest absolute Gasteiger partial charge is 0.127 e. The summed E-state index contributed by atoms with van der Waals surface area (Å²) in [6.45, 7) is 5.16. The van der Waals surface area contributed by atoms with Gasteiger partial charge in [0.15, 0.2) is 0 Å². The molecule has 0 amide bonds. The van der Waals surface area contributed by atoms with Gasteiger partial charge in [-0.1, -0.05) is 50.2 Å². The van der Waals surface area contributed by atoms with Crippen molar-refractivity contribution in [3.05, 3.63) is 42.5 Å². The van der Waals surface area contributed by atoms with Crippen molar-refractivity contribution in [3.63, 3.8) is 0 Å². The van der Waals surface area contributed by atoms with Gasteiger partial charge in [-0.2, -0.15) is 12.6 Å². The van der Waals surface area contributed by atoms with E-state index in [9.17, 15) is 0 Å². The van der Waals surface area contributed by atoms with Gasteiger partial charge < -0.3 is 4.74 Å². The highest BCUT2D eigenvalue weighted by molar-refractivity contribution is 7.80. The first-order valence-electron chi connectivity index (χ1n) is 6.96. The molecule has 1 nitrogen and oxygen atoms in total. The fourth-order valence-corrected chi connectivity index (χ4v) is 2.81. The van der Waals surface area contributed by atoms with Gasteiger partial charge in [0.05, 0.1) is 6.61 Å². The van der Waals surface area contributed by atoms with Gasteiger partial charge in [0.1, 0.15) is 5.75 Å². The van der Waals surface area contributed by atoms with E-state index in [1.165, 1.54) is 10.8 Å². The highest BCUT2D eigenvalue weighted by atomic mass is 32.1. The molecule has 0 bridgehead atoms. The maximum absolute atomic E-state index is 6.11. The van der Waals surface area contributed by atoms with Crippen molar-refractivity contribution in [3.8, 4) is 5.75 Å². The molecule has 0 heterocycles. The van der Waals surface area contributed by atoms with Gasteiger partial charge in [0.2, 0.25) is 0 Å². The molecule has 0 aliphatic carbocycles. The molecule has 2 aromatic rings. The molecule has 102 valence electrons. The summed E-state index contributed by atoms with van der Waals surface area (Å²) in [5.41, 5.74) is 0.181. The average molecular weight is 274 g/mol. The van der Waals surface area contributed by atoms with Crippen molar-refractivity contribution in [2.75, 3.05) is 12.4 Å². The summed E-state index contributed by atoms with van der Waals surface area (Å²) in [6, 6.07) is 14.6. The van der Waals surface area contributed by atoms with E-state index in [-0.39, 0.29) is 5.41 Å². The molecule has 0 unspecified atom stereocenters. The first kappa shape index (κ1) is 14.3. The van der Waals surface area contributed by atoms with Crippen LogP contribution in [0.25, 0.3) is 10.8 Å². The number of thiol groups is 1. The molecular weight excluding hydrogens is 252 g/mol. The van der Waals surface area contributed by atoms with Crippen molar-refractivity contribution in [1.29, 1.82) is 0 Å². The van der Waals surface area contributed by atoms with E-state index in [2.05, 4.69) is 68.9 Å². The van der Waals surface area contributed by atoms with E-state index in [1.807, 2.05) is 0 Å². The van der Waals surface area contributed by atoms with Crippen molar-refractivity contribution >= 4 is 23.4 Å². The zero-order valence-electron chi connectivity index (χ0n) is 11.7. The number of fused-ring (bicyclic) bond motifs is 1. The van der Waals surface area contributed by atoms with E-state index in [0.717, 1.165) is 31.0 Å². The zero-order valence-corrected chi connectivity index (χ0v) is 12.6. The molecule has 2 rings (SSSR count). The Morgan fingerprint density at radius 2 is 1.68 bits per heavy atom. The summed E-state index contributed by atoms with van der Waals surface area (Å²) in [5, 5.41) is 2.41. The molecule has 0 fully saturated rings. The standard InChI is InChI=1S/C17H22OS/c1-3-17(4-2,13-19)12-18-16-11-7-9-14-8-5-6-10-15(14)16/h5-11,19H,3-4,12-13H2,1-2H3. The topological polar surface area (TPSA) is 9.23 Å². The predicted octanol–water partition coefficient (Wildman–Crippen LogP) is 4.95. The number of benzene rings is 2. The summed E-state index contributed by atoms with van der Waals surface area (Å²) in [5.74, 6) is 1.84. The second kappa shape index (κ2) is 6.33. The first-order valence-corrected chi connectivity index (χ1v) is 7.59. The summed E-state index contributed by atoms with van der Waals surface area (Å²) in [7, 11) is 0. The van der Waals surface area contributed by atoms with Crippen LogP contribution in [0, 0.1) is 5.41 Å². The Hall–Kier alpha value is -1.15. The third-order valence-electron chi connectivity index (χ3n) is 4.12. The van der Waals surface area contributed by atoms with Crippen LogP contribution in [0.15, 0.2) is 42.5 Å². The van der Waals surface area contributed by atoms with Crippen molar-refractivity contribution in [1.82, 2.24) is 0 Å². The monoisotopic (exact) mass is 274 g/mol. The van der Waals surface area contributed by atoms with E-state index < -0.39 is 0 Å². The number of hydrogen-bond donors (Lipinski definition) is 1. The SMILES string of the molecule is CCC(CC)(CS)COc1cccc2ccccc12.